The minimum atomic E-state index is -4.24. The molecule has 6 heteroatoms. The zero-order chi connectivity index (χ0) is 21.6. The highest BCUT2D eigenvalue weighted by Gasteiger charge is 2.16. The van der Waals surface area contributed by atoms with Crippen LogP contribution in [0.2, 0.25) is 0 Å². The predicted molar refractivity (Wildman–Crippen MR) is 124 cm³/mol. The van der Waals surface area contributed by atoms with Crippen LogP contribution in [0.15, 0.2) is 91.0 Å². The highest BCUT2D eigenvalue weighted by atomic mass is 31.2. The van der Waals surface area contributed by atoms with E-state index in [0.717, 1.165) is 44.4 Å². The van der Waals surface area contributed by atoms with E-state index in [1.54, 1.807) is 19.2 Å². The Balaban J connectivity index is 1.60. The monoisotopic (exact) mass is 429 g/mol. The average Bonchev–Trinajstić information content (AvgIpc) is 3.12. The first-order valence-electron chi connectivity index (χ1n) is 9.80. The molecule has 4 aromatic carbocycles. The van der Waals surface area contributed by atoms with Gasteiger partial charge in [0.05, 0.1) is 23.4 Å². The van der Waals surface area contributed by atoms with E-state index in [1.807, 2.05) is 30.3 Å². The summed E-state index contributed by atoms with van der Waals surface area (Å²) in [4.78, 5) is 18.6. The SMILES string of the molecule is COc1ccc2c(c1)c1ccccc1n2-c1ccc(-c2ccc(P(=O)(O)O)cc2)cc1. The molecule has 0 atom stereocenters. The van der Waals surface area contributed by atoms with Gasteiger partial charge in [0.25, 0.3) is 0 Å². The number of fused-ring (bicyclic) bond motifs is 3. The number of rotatable bonds is 4. The van der Waals surface area contributed by atoms with E-state index in [4.69, 9.17) is 4.74 Å². The molecule has 0 saturated heterocycles. The first-order valence-corrected chi connectivity index (χ1v) is 11.4. The number of hydrogen-bond donors (Lipinski definition) is 2. The third kappa shape index (κ3) is 3.43. The van der Waals surface area contributed by atoms with Crippen LogP contribution in [0.5, 0.6) is 5.75 Å². The van der Waals surface area contributed by atoms with Gasteiger partial charge in [0, 0.05) is 16.5 Å². The summed E-state index contributed by atoms with van der Waals surface area (Å²) in [6.07, 6.45) is 0. The van der Waals surface area contributed by atoms with Gasteiger partial charge in [-0.2, -0.15) is 0 Å². The average molecular weight is 429 g/mol. The van der Waals surface area contributed by atoms with Crippen molar-refractivity contribution < 1.29 is 19.1 Å². The van der Waals surface area contributed by atoms with Crippen molar-refractivity contribution in [2.75, 3.05) is 7.11 Å². The molecule has 0 aliphatic rings. The van der Waals surface area contributed by atoms with Gasteiger partial charge in [-0.15, -0.1) is 0 Å². The van der Waals surface area contributed by atoms with E-state index in [0.29, 0.717) is 0 Å². The van der Waals surface area contributed by atoms with E-state index >= 15 is 0 Å². The minimum Gasteiger partial charge on any atom is -0.497 e. The molecule has 0 aliphatic carbocycles. The van der Waals surface area contributed by atoms with Crippen LogP contribution in [0, 0.1) is 0 Å². The summed E-state index contributed by atoms with van der Waals surface area (Å²) in [5.41, 5.74) is 5.12. The first-order chi connectivity index (χ1) is 15.0. The zero-order valence-electron chi connectivity index (χ0n) is 16.8. The summed E-state index contributed by atoms with van der Waals surface area (Å²) in [6, 6.07) is 29.0. The molecule has 5 rings (SSSR count). The molecule has 5 nitrogen and oxygen atoms in total. The standard InChI is InChI=1S/C25H20NO4P/c1-30-20-12-15-25-23(16-20)22-4-2-3-5-24(22)26(25)19-10-6-17(7-11-19)18-8-13-21(14-9-18)31(27,28)29/h2-16H,1H3,(H2,27,28,29). The second kappa shape index (κ2) is 7.40. The molecule has 0 aliphatic heterocycles. The first kappa shape index (κ1) is 19.6. The van der Waals surface area contributed by atoms with E-state index in [9.17, 15) is 14.4 Å². The number of methoxy groups -OCH3 is 1. The number of nitrogens with zero attached hydrogens (tertiary/aromatic N) is 1. The van der Waals surface area contributed by atoms with Gasteiger partial charge < -0.3 is 19.1 Å². The van der Waals surface area contributed by atoms with Gasteiger partial charge in [-0.3, -0.25) is 4.57 Å². The highest BCUT2D eigenvalue weighted by molar-refractivity contribution is 7.60. The van der Waals surface area contributed by atoms with Crippen LogP contribution < -0.4 is 10.0 Å². The van der Waals surface area contributed by atoms with Crippen molar-refractivity contribution in [3.05, 3.63) is 91.0 Å². The van der Waals surface area contributed by atoms with Gasteiger partial charge in [0.15, 0.2) is 0 Å². The Morgan fingerprint density at radius 1 is 0.742 bits per heavy atom. The molecule has 154 valence electrons. The lowest BCUT2D eigenvalue weighted by molar-refractivity contribution is 0.387. The molecule has 2 N–H and O–H groups in total. The van der Waals surface area contributed by atoms with Crippen LogP contribution in [-0.2, 0) is 4.57 Å². The fourth-order valence-electron chi connectivity index (χ4n) is 4.01. The van der Waals surface area contributed by atoms with Crippen molar-refractivity contribution in [3.8, 4) is 22.6 Å². The number of ether oxygens (including phenoxy) is 1. The Hall–Kier alpha value is -3.37. The Kier molecular flexibility index (Phi) is 4.67. The molecule has 1 heterocycles. The predicted octanol–water partition coefficient (Wildman–Crippen LogP) is 5.26. The van der Waals surface area contributed by atoms with Crippen molar-refractivity contribution in [2.24, 2.45) is 0 Å². The van der Waals surface area contributed by atoms with Gasteiger partial charge in [0.2, 0.25) is 0 Å². The van der Waals surface area contributed by atoms with Crippen molar-refractivity contribution in [1.29, 1.82) is 0 Å². The molecule has 0 unspecified atom stereocenters. The Bertz CT molecular complexity index is 1450. The van der Waals surface area contributed by atoms with Crippen LogP contribution in [0.25, 0.3) is 38.6 Å². The summed E-state index contributed by atoms with van der Waals surface area (Å²) in [6.45, 7) is 0. The normalized spacial score (nSPS) is 11.8. The van der Waals surface area contributed by atoms with Gasteiger partial charge in [-0.25, -0.2) is 0 Å². The molecule has 0 bridgehead atoms. The lowest BCUT2D eigenvalue weighted by atomic mass is 10.1. The number of aromatic nitrogens is 1. The second-order valence-corrected chi connectivity index (χ2v) is 8.98. The number of hydrogen-bond acceptors (Lipinski definition) is 2. The van der Waals surface area contributed by atoms with Crippen LogP contribution in [0.3, 0.4) is 0 Å². The molecular weight excluding hydrogens is 409 g/mol. The van der Waals surface area contributed by atoms with E-state index < -0.39 is 7.60 Å². The lowest BCUT2D eigenvalue weighted by Gasteiger charge is -2.10. The summed E-state index contributed by atoms with van der Waals surface area (Å²) >= 11 is 0. The smallest absolute Gasteiger partial charge is 0.356 e. The minimum absolute atomic E-state index is 0.0218. The third-order valence-corrected chi connectivity index (χ3v) is 6.51. The Labute approximate surface area is 179 Å². The Morgan fingerprint density at radius 2 is 1.35 bits per heavy atom. The van der Waals surface area contributed by atoms with Gasteiger partial charge in [0.1, 0.15) is 5.75 Å². The van der Waals surface area contributed by atoms with Crippen LogP contribution >= 0.6 is 7.60 Å². The number of benzene rings is 4. The molecular formula is C25H20NO4P. The molecule has 0 amide bonds. The quantitative estimate of drug-likeness (QED) is 0.382. The molecule has 1 aromatic heterocycles. The van der Waals surface area contributed by atoms with Crippen molar-refractivity contribution in [1.82, 2.24) is 4.57 Å². The lowest BCUT2D eigenvalue weighted by Crippen LogP contribution is -2.02. The molecule has 0 spiro atoms. The largest absolute Gasteiger partial charge is 0.497 e. The van der Waals surface area contributed by atoms with Gasteiger partial charge in [-0.05, 0) is 59.7 Å². The summed E-state index contributed by atoms with van der Waals surface area (Å²) < 4.78 is 19.0. The fourth-order valence-corrected chi connectivity index (χ4v) is 4.55. The maximum atomic E-state index is 11.4. The molecule has 31 heavy (non-hydrogen) atoms. The maximum Gasteiger partial charge on any atom is 0.356 e. The Morgan fingerprint density at radius 3 is 2.00 bits per heavy atom. The highest BCUT2D eigenvalue weighted by Crippen LogP contribution is 2.35. The number of para-hydroxylation sites is 1. The van der Waals surface area contributed by atoms with Gasteiger partial charge in [-0.1, -0.05) is 42.5 Å². The molecule has 0 saturated carbocycles. The summed E-state index contributed by atoms with van der Waals surface area (Å²) in [7, 11) is -2.56. The van der Waals surface area contributed by atoms with Crippen molar-refractivity contribution in [2.45, 2.75) is 0 Å². The van der Waals surface area contributed by atoms with Crippen molar-refractivity contribution >= 4 is 34.7 Å². The third-order valence-electron chi connectivity index (χ3n) is 5.54. The molecule has 0 fully saturated rings. The fraction of sp³-hybridized carbons (Fsp3) is 0.0400. The van der Waals surface area contributed by atoms with E-state index in [2.05, 4.69) is 41.0 Å². The summed E-state index contributed by atoms with van der Waals surface area (Å²) in [5.74, 6) is 0.824. The topological polar surface area (TPSA) is 71.7 Å². The van der Waals surface area contributed by atoms with Crippen molar-refractivity contribution in [3.63, 3.8) is 0 Å². The van der Waals surface area contributed by atoms with Gasteiger partial charge >= 0.3 is 7.60 Å². The van der Waals surface area contributed by atoms with Crippen LogP contribution in [0.1, 0.15) is 0 Å². The second-order valence-electron chi connectivity index (χ2n) is 7.37. The molecule has 0 radical (unpaired) electrons. The van der Waals surface area contributed by atoms with E-state index in [1.165, 1.54) is 12.1 Å². The van der Waals surface area contributed by atoms with E-state index in [-0.39, 0.29) is 5.30 Å². The maximum absolute atomic E-state index is 11.4. The van der Waals surface area contributed by atoms with Crippen LogP contribution in [0.4, 0.5) is 0 Å². The molecule has 5 aromatic rings. The van der Waals surface area contributed by atoms with Crippen LogP contribution in [-0.4, -0.2) is 21.5 Å². The summed E-state index contributed by atoms with van der Waals surface area (Å²) in [5, 5.41) is 2.31. The zero-order valence-corrected chi connectivity index (χ0v) is 17.7.